The second kappa shape index (κ2) is 10.5. The zero-order valence-electron chi connectivity index (χ0n) is 23.3. The maximum atomic E-state index is 13.3. The number of benzene rings is 1. The Kier molecular flexibility index (Phi) is 7.41. The van der Waals surface area contributed by atoms with Gasteiger partial charge in [-0.05, 0) is 65.2 Å². The Labute approximate surface area is 236 Å². The van der Waals surface area contributed by atoms with E-state index in [9.17, 15) is 19.4 Å². The second-order valence-corrected chi connectivity index (χ2v) is 12.7. The lowest BCUT2D eigenvalue weighted by Gasteiger charge is -2.38. The van der Waals surface area contributed by atoms with Crippen LogP contribution in [-0.2, 0) is 16.0 Å². The molecule has 0 unspecified atom stereocenters. The van der Waals surface area contributed by atoms with Gasteiger partial charge in [0.05, 0.1) is 16.8 Å². The molecule has 212 valence electrons. The van der Waals surface area contributed by atoms with E-state index in [1.807, 2.05) is 33.8 Å². The molecule has 9 nitrogen and oxygen atoms in total. The van der Waals surface area contributed by atoms with E-state index in [0.717, 1.165) is 10.4 Å². The molecule has 11 heteroatoms. The SMILES string of the molecule is Cc1nc2cc(-c3ncc(Cc4ccc(F)cc4)s3)nn2c(N2CCC(C)(O)CC2)c1[C@H](OC(C)(C)C)C(=O)O. The van der Waals surface area contributed by atoms with E-state index in [1.54, 1.807) is 29.8 Å². The Morgan fingerprint density at radius 3 is 2.52 bits per heavy atom. The molecule has 1 aliphatic rings. The van der Waals surface area contributed by atoms with E-state index in [2.05, 4.69) is 9.88 Å². The fraction of sp³-hybridized carbons (Fsp3) is 0.448. The number of aliphatic hydroxyl groups is 1. The minimum Gasteiger partial charge on any atom is -0.479 e. The average Bonchev–Trinajstić information content (AvgIpc) is 3.50. The van der Waals surface area contributed by atoms with Crippen molar-refractivity contribution in [2.75, 3.05) is 18.0 Å². The number of nitrogens with zero attached hydrogens (tertiary/aromatic N) is 5. The predicted octanol–water partition coefficient (Wildman–Crippen LogP) is 5.18. The molecule has 1 fully saturated rings. The Morgan fingerprint density at radius 2 is 1.90 bits per heavy atom. The van der Waals surface area contributed by atoms with E-state index < -0.39 is 23.3 Å². The highest BCUT2D eigenvalue weighted by Crippen LogP contribution is 2.38. The number of anilines is 1. The number of hydrogen-bond donors (Lipinski definition) is 2. The number of rotatable bonds is 7. The van der Waals surface area contributed by atoms with Gasteiger partial charge in [0.1, 0.15) is 22.3 Å². The molecule has 1 saturated heterocycles. The van der Waals surface area contributed by atoms with Gasteiger partial charge in [0.25, 0.3) is 0 Å². The van der Waals surface area contributed by atoms with Gasteiger partial charge < -0.3 is 19.8 Å². The van der Waals surface area contributed by atoms with Crippen molar-refractivity contribution in [1.82, 2.24) is 19.6 Å². The number of thiazole rings is 1. The first-order valence-electron chi connectivity index (χ1n) is 13.3. The number of aromatic nitrogens is 4. The Balaban J connectivity index is 1.59. The normalized spacial score (nSPS) is 16.4. The molecule has 0 aliphatic carbocycles. The minimum absolute atomic E-state index is 0.272. The number of piperidine rings is 1. The van der Waals surface area contributed by atoms with Crippen LogP contribution in [0.25, 0.3) is 16.3 Å². The summed E-state index contributed by atoms with van der Waals surface area (Å²) in [6.07, 6.45) is 2.21. The maximum Gasteiger partial charge on any atom is 0.337 e. The highest BCUT2D eigenvalue weighted by molar-refractivity contribution is 7.15. The standard InChI is InChI=1S/C29H34FN5O4S/c1-17-23(24(27(36)37)39-28(2,3)4)26(34-12-10-29(5,38)11-13-34)35-22(32-17)15-21(33-35)25-31-16-20(40-25)14-18-6-8-19(30)9-7-18/h6-9,15-16,24,38H,10-14H2,1-5H3,(H,36,37)/t24-/m0/s1. The topological polar surface area (TPSA) is 113 Å². The molecule has 40 heavy (non-hydrogen) atoms. The quantitative estimate of drug-likeness (QED) is 0.314. The third-order valence-corrected chi connectivity index (χ3v) is 7.99. The summed E-state index contributed by atoms with van der Waals surface area (Å²) in [6.45, 7) is 10.1. The molecule has 1 atom stereocenters. The van der Waals surface area contributed by atoms with E-state index in [-0.39, 0.29) is 5.82 Å². The first-order valence-corrected chi connectivity index (χ1v) is 14.1. The van der Waals surface area contributed by atoms with Crippen LogP contribution in [-0.4, -0.2) is 60.1 Å². The highest BCUT2D eigenvalue weighted by Gasteiger charge is 2.37. The molecule has 0 amide bonds. The number of fused-ring (bicyclic) bond motifs is 1. The predicted molar refractivity (Wildman–Crippen MR) is 151 cm³/mol. The van der Waals surface area contributed by atoms with E-state index in [0.29, 0.717) is 65.8 Å². The number of carboxylic acid groups (broad SMARTS) is 1. The number of ether oxygens (including phenoxy) is 1. The third kappa shape index (κ3) is 6.01. The Morgan fingerprint density at radius 1 is 1.23 bits per heavy atom. The van der Waals surface area contributed by atoms with E-state index >= 15 is 0 Å². The van der Waals surface area contributed by atoms with Crippen LogP contribution in [0.15, 0.2) is 36.5 Å². The molecule has 0 spiro atoms. The van der Waals surface area contributed by atoms with Crippen molar-refractivity contribution in [3.8, 4) is 10.7 Å². The largest absolute Gasteiger partial charge is 0.479 e. The van der Waals surface area contributed by atoms with Gasteiger partial charge in [-0.25, -0.2) is 19.2 Å². The van der Waals surface area contributed by atoms with Gasteiger partial charge in [-0.1, -0.05) is 12.1 Å². The first-order chi connectivity index (χ1) is 18.8. The van der Waals surface area contributed by atoms with Crippen LogP contribution in [0.5, 0.6) is 0 Å². The summed E-state index contributed by atoms with van der Waals surface area (Å²) in [5, 5.41) is 26.4. The lowest BCUT2D eigenvalue weighted by atomic mass is 9.93. The zero-order chi connectivity index (χ0) is 28.8. The number of halogens is 1. The van der Waals surface area contributed by atoms with Crippen LogP contribution >= 0.6 is 11.3 Å². The molecule has 0 saturated carbocycles. The summed E-state index contributed by atoms with van der Waals surface area (Å²) < 4.78 is 21.0. The summed E-state index contributed by atoms with van der Waals surface area (Å²) in [6, 6.07) is 8.26. The van der Waals surface area contributed by atoms with Gasteiger partial charge >= 0.3 is 5.97 Å². The van der Waals surface area contributed by atoms with Crippen molar-refractivity contribution in [2.45, 2.75) is 71.2 Å². The van der Waals surface area contributed by atoms with Crippen LogP contribution in [0.3, 0.4) is 0 Å². The van der Waals surface area contributed by atoms with Gasteiger partial charge in [0, 0.05) is 42.3 Å². The first kappa shape index (κ1) is 28.1. The van der Waals surface area contributed by atoms with E-state index in [4.69, 9.17) is 14.8 Å². The maximum absolute atomic E-state index is 13.3. The van der Waals surface area contributed by atoms with Crippen molar-refractivity contribution >= 4 is 28.8 Å². The monoisotopic (exact) mass is 567 g/mol. The fourth-order valence-electron chi connectivity index (χ4n) is 4.93. The van der Waals surface area contributed by atoms with Crippen molar-refractivity contribution in [1.29, 1.82) is 0 Å². The molecular weight excluding hydrogens is 533 g/mol. The molecule has 1 aromatic carbocycles. The lowest BCUT2D eigenvalue weighted by Crippen LogP contribution is -2.44. The van der Waals surface area contributed by atoms with Crippen LogP contribution in [0.1, 0.15) is 68.3 Å². The molecular formula is C29H34FN5O4S. The number of hydrogen-bond acceptors (Lipinski definition) is 8. The molecule has 5 rings (SSSR count). The fourth-order valence-corrected chi connectivity index (χ4v) is 5.83. The highest BCUT2D eigenvalue weighted by atomic mass is 32.1. The minimum atomic E-state index is -1.26. The van der Waals surface area contributed by atoms with Crippen molar-refractivity contribution in [3.05, 3.63) is 64.0 Å². The molecule has 2 N–H and O–H groups in total. The summed E-state index contributed by atoms with van der Waals surface area (Å²) in [5.41, 5.74) is 1.65. The van der Waals surface area contributed by atoms with Crippen LogP contribution < -0.4 is 4.90 Å². The van der Waals surface area contributed by atoms with Crippen LogP contribution in [0, 0.1) is 12.7 Å². The summed E-state index contributed by atoms with van der Waals surface area (Å²) in [4.78, 5) is 24.9. The second-order valence-electron chi connectivity index (χ2n) is 11.6. The van der Waals surface area contributed by atoms with Gasteiger partial charge in [-0.2, -0.15) is 9.61 Å². The molecule has 4 heterocycles. The number of aliphatic carboxylic acids is 1. The smallest absolute Gasteiger partial charge is 0.337 e. The van der Waals surface area contributed by atoms with Gasteiger partial charge in [-0.15, -0.1) is 11.3 Å². The summed E-state index contributed by atoms with van der Waals surface area (Å²) in [7, 11) is 0. The van der Waals surface area contributed by atoms with Gasteiger partial charge in [0.15, 0.2) is 11.8 Å². The number of carboxylic acids is 1. The molecule has 1 aliphatic heterocycles. The third-order valence-electron chi connectivity index (χ3n) is 6.97. The lowest BCUT2D eigenvalue weighted by molar-refractivity contribution is -0.160. The van der Waals surface area contributed by atoms with Gasteiger partial charge in [-0.3, -0.25) is 0 Å². The van der Waals surface area contributed by atoms with Crippen molar-refractivity contribution < 1.29 is 24.1 Å². The average molecular weight is 568 g/mol. The van der Waals surface area contributed by atoms with Crippen molar-refractivity contribution in [2.24, 2.45) is 0 Å². The van der Waals surface area contributed by atoms with E-state index in [1.165, 1.54) is 23.5 Å². The number of aryl methyl sites for hydroxylation is 1. The van der Waals surface area contributed by atoms with Crippen LogP contribution in [0.4, 0.5) is 10.2 Å². The molecule has 4 aromatic rings. The van der Waals surface area contributed by atoms with Crippen LogP contribution in [0.2, 0.25) is 0 Å². The molecule has 3 aromatic heterocycles. The van der Waals surface area contributed by atoms with Gasteiger partial charge in [0.2, 0.25) is 0 Å². The van der Waals surface area contributed by atoms with Crippen molar-refractivity contribution in [3.63, 3.8) is 0 Å². The number of carbonyl (C=O) groups is 1. The summed E-state index contributed by atoms with van der Waals surface area (Å²) >= 11 is 1.49. The Bertz CT molecular complexity index is 1530. The summed E-state index contributed by atoms with van der Waals surface area (Å²) in [5.74, 6) is -0.780. The zero-order valence-corrected chi connectivity index (χ0v) is 24.1. The molecule has 0 radical (unpaired) electrons. The molecule has 0 bridgehead atoms. The Hall–Kier alpha value is -3.41.